The largest absolute Gasteiger partial charge is 0.460 e. The summed E-state index contributed by atoms with van der Waals surface area (Å²) in [6.07, 6.45) is 13.1. The van der Waals surface area contributed by atoms with Crippen molar-refractivity contribution in [2.24, 2.45) is 35.5 Å². The molecule has 0 radical (unpaired) electrons. The first kappa shape index (κ1) is 56.0. The lowest BCUT2D eigenvalue weighted by Gasteiger charge is -2.42. The lowest BCUT2D eigenvalue weighted by molar-refractivity contribution is -0.265. The quantitative estimate of drug-likeness (QED) is 0.0371. The van der Waals surface area contributed by atoms with E-state index >= 15 is 0 Å². The minimum atomic E-state index is -2.44. The zero-order valence-electron chi connectivity index (χ0n) is 40.8. The molecule has 0 aromatic heterocycles. The SMILES string of the molecule is COC(CC1CCC(C)C(O)(C(=O)C(=O)N2CCCCC2C(=O)OC(CC(=O)C(C)C=C(C)C(O)CO)C(C)CC2CCC(O)C(OC)C2)O1)C(C)=CC=CC=CC(C)CC(C)C(C)=O. The molecule has 0 aromatic rings. The summed E-state index contributed by atoms with van der Waals surface area (Å²) in [4.78, 5) is 69.1. The van der Waals surface area contributed by atoms with Crippen LogP contribution < -0.4 is 0 Å². The summed E-state index contributed by atoms with van der Waals surface area (Å²) < 4.78 is 23.7. The van der Waals surface area contributed by atoms with Crippen molar-refractivity contribution < 1.29 is 63.3 Å². The van der Waals surface area contributed by atoms with E-state index in [1.54, 1.807) is 48.0 Å². The molecule has 3 fully saturated rings. The highest BCUT2D eigenvalue weighted by molar-refractivity contribution is 6.39. The first-order valence-corrected chi connectivity index (χ1v) is 23.9. The Labute approximate surface area is 387 Å². The van der Waals surface area contributed by atoms with Crippen molar-refractivity contribution in [2.75, 3.05) is 27.4 Å². The molecule has 3 rings (SSSR count). The van der Waals surface area contributed by atoms with Crippen molar-refractivity contribution in [3.05, 3.63) is 47.6 Å². The lowest BCUT2D eigenvalue weighted by Crippen LogP contribution is -2.61. The van der Waals surface area contributed by atoms with Crippen LogP contribution in [0.5, 0.6) is 0 Å². The fourth-order valence-corrected chi connectivity index (χ4v) is 9.40. The monoisotopic (exact) mass is 916 g/mol. The van der Waals surface area contributed by atoms with Crippen molar-refractivity contribution in [2.45, 2.75) is 181 Å². The third-order valence-corrected chi connectivity index (χ3v) is 14.1. The van der Waals surface area contributed by atoms with Gasteiger partial charge >= 0.3 is 5.97 Å². The van der Waals surface area contributed by atoms with E-state index in [-0.39, 0.29) is 60.7 Å². The van der Waals surface area contributed by atoms with Crippen LogP contribution in [0.15, 0.2) is 47.6 Å². The molecule has 14 nitrogen and oxygen atoms in total. The molecule has 4 N–H and O–H groups in total. The van der Waals surface area contributed by atoms with Crippen LogP contribution in [0.2, 0.25) is 0 Å². The molecule has 65 heavy (non-hydrogen) atoms. The molecule has 0 spiro atoms. The lowest BCUT2D eigenvalue weighted by atomic mass is 9.78. The summed E-state index contributed by atoms with van der Waals surface area (Å²) in [7, 11) is 3.14. The number of Topliss-reactive ketones (excluding diaryl/α,β-unsaturated/α-hetero) is 3. The van der Waals surface area contributed by atoms with Gasteiger partial charge in [0.2, 0.25) is 5.79 Å². The Balaban J connectivity index is 1.77. The van der Waals surface area contributed by atoms with Crippen LogP contribution in [0.25, 0.3) is 0 Å². The van der Waals surface area contributed by atoms with Crippen molar-refractivity contribution >= 4 is 29.2 Å². The van der Waals surface area contributed by atoms with Gasteiger partial charge in [-0.15, -0.1) is 0 Å². The third kappa shape index (κ3) is 16.4. The Morgan fingerprint density at radius 3 is 2.26 bits per heavy atom. The standard InChI is InChI=1S/C51H81NO13/c1-31(24-33(3)38(8)54)16-12-11-13-17-32(2)45(62-9)28-40-21-19-37(7)51(61,65-40)48(58)49(59)52-23-15-14-18-41(52)50(60)64-46(29-43(56)34(4)25-35(5)44(57)30-53)36(6)26-39-20-22-42(55)47(27-39)63-10/h11-13,16-17,25,31,33-34,36-37,39-42,44-47,53,55,57,61H,14-15,18-24,26-30H2,1-10H3. The van der Waals surface area contributed by atoms with Crippen molar-refractivity contribution in [1.29, 1.82) is 0 Å². The number of carbonyl (C=O) groups is 5. The van der Waals surface area contributed by atoms with Crippen molar-refractivity contribution in [1.82, 2.24) is 4.90 Å². The van der Waals surface area contributed by atoms with E-state index in [9.17, 15) is 44.4 Å². The van der Waals surface area contributed by atoms with Gasteiger partial charge in [-0.25, -0.2) is 4.79 Å². The molecule has 3 aliphatic rings. The number of nitrogens with zero attached hydrogens (tertiary/aromatic N) is 1. The number of likely N-dealkylation sites (tertiary alicyclic amines) is 1. The maximum atomic E-state index is 14.2. The molecule has 0 aromatic carbocycles. The van der Waals surface area contributed by atoms with Gasteiger partial charge in [-0.2, -0.15) is 0 Å². The summed E-state index contributed by atoms with van der Waals surface area (Å²) in [5.74, 6) is -6.73. The highest BCUT2D eigenvalue weighted by Crippen LogP contribution is 2.37. The number of aliphatic hydroxyl groups is 4. The number of carbonyl (C=O) groups excluding carboxylic acids is 5. The Morgan fingerprint density at radius 1 is 0.908 bits per heavy atom. The molecule has 14 atom stereocenters. The highest BCUT2D eigenvalue weighted by atomic mass is 16.6. The molecule has 1 aliphatic carbocycles. The van der Waals surface area contributed by atoms with Crippen molar-refractivity contribution in [3.8, 4) is 0 Å². The molecule has 1 amide bonds. The third-order valence-electron chi connectivity index (χ3n) is 14.1. The van der Waals surface area contributed by atoms with Crippen LogP contribution in [-0.2, 0) is 42.9 Å². The predicted octanol–water partition coefficient (Wildman–Crippen LogP) is 6.16. The second-order valence-corrected chi connectivity index (χ2v) is 19.4. The average Bonchev–Trinajstić information content (AvgIpc) is 3.28. The maximum Gasteiger partial charge on any atom is 0.329 e. The fourth-order valence-electron chi connectivity index (χ4n) is 9.40. The second-order valence-electron chi connectivity index (χ2n) is 19.4. The van der Waals surface area contributed by atoms with E-state index in [1.807, 2.05) is 45.1 Å². The number of ketones is 3. The van der Waals surface area contributed by atoms with E-state index in [0.717, 1.165) is 18.4 Å². The van der Waals surface area contributed by atoms with Crippen LogP contribution in [0.3, 0.4) is 0 Å². The number of hydrogen-bond donors (Lipinski definition) is 4. The molecular formula is C51H81NO13. The van der Waals surface area contributed by atoms with E-state index in [4.69, 9.17) is 18.9 Å². The highest BCUT2D eigenvalue weighted by Gasteiger charge is 2.53. The molecule has 1 saturated carbocycles. The van der Waals surface area contributed by atoms with E-state index in [1.165, 1.54) is 4.90 Å². The summed E-state index contributed by atoms with van der Waals surface area (Å²) in [6.45, 7) is 14.0. The second kappa shape index (κ2) is 26.8. The van der Waals surface area contributed by atoms with Gasteiger partial charge in [-0.05, 0) is 114 Å². The topological polar surface area (TPSA) is 206 Å². The molecule has 2 heterocycles. The number of methoxy groups -OCH3 is 2. The van der Waals surface area contributed by atoms with Gasteiger partial charge in [0.25, 0.3) is 11.7 Å². The maximum absolute atomic E-state index is 14.2. The average molecular weight is 916 g/mol. The number of aliphatic hydroxyl groups excluding tert-OH is 3. The van der Waals surface area contributed by atoms with Gasteiger partial charge in [0, 0.05) is 51.4 Å². The summed E-state index contributed by atoms with van der Waals surface area (Å²) in [6, 6.07) is -1.13. The van der Waals surface area contributed by atoms with Crippen LogP contribution >= 0.6 is 0 Å². The smallest absolute Gasteiger partial charge is 0.329 e. The Morgan fingerprint density at radius 2 is 1.62 bits per heavy atom. The minimum Gasteiger partial charge on any atom is -0.460 e. The van der Waals surface area contributed by atoms with Crippen LogP contribution in [0, 0.1) is 35.5 Å². The molecule has 14 unspecified atom stereocenters. The number of piperidine rings is 1. The normalized spacial score (nSPS) is 29.2. The van der Waals surface area contributed by atoms with Gasteiger partial charge in [-0.1, -0.05) is 71.1 Å². The van der Waals surface area contributed by atoms with Crippen LogP contribution in [0.4, 0.5) is 0 Å². The summed E-state index contributed by atoms with van der Waals surface area (Å²) in [5.41, 5.74) is 1.33. The first-order valence-electron chi connectivity index (χ1n) is 23.9. The number of esters is 1. The Bertz CT molecular complexity index is 1710. The van der Waals surface area contributed by atoms with Crippen molar-refractivity contribution in [3.63, 3.8) is 0 Å². The Kier molecular flexibility index (Phi) is 23.1. The number of allylic oxidation sites excluding steroid dienone is 6. The van der Waals surface area contributed by atoms with Gasteiger partial charge < -0.3 is 44.3 Å². The van der Waals surface area contributed by atoms with Crippen LogP contribution in [0.1, 0.15) is 132 Å². The molecule has 2 saturated heterocycles. The summed E-state index contributed by atoms with van der Waals surface area (Å²) >= 11 is 0. The van der Waals surface area contributed by atoms with Gasteiger partial charge in [0.15, 0.2) is 0 Å². The zero-order valence-corrected chi connectivity index (χ0v) is 40.8. The van der Waals surface area contributed by atoms with E-state index in [0.29, 0.717) is 56.9 Å². The molecular weight excluding hydrogens is 835 g/mol. The first-order chi connectivity index (χ1) is 30.7. The van der Waals surface area contributed by atoms with Crippen LogP contribution in [-0.4, -0.2) is 130 Å². The summed E-state index contributed by atoms with van der Waals surface area (Å²) in [5, 5.41) is 41.8. The van der Waals surface area contributed by atoms with E-state index in [2.05, 4.69) is 13.0 Å². The Hall–Kier alpha value is -3.37. The molecule has 2 aliphatic heterocycles. The van der Waals surface area contributed by atoms with Gasteiger partial charge in [-0.3, -0.25) is 19.2 Å². The number of ether oxygens (including phenoxy) is 4. The number of hydrogen-bond acceptors (Lipinski definition) is 13. The number of rotatable bonds is 24. The minimum absolute atomic E-state index is 0.00576. The number of amides is 1. The fraction of sp³-hybridized carbons (Fsp3) is 0.745. The molecule has 368 valence electrons. The van der Waals surface area contributed by atoms with E-state index < -0.39 is 78.5 Å². The van der Waals surface area contributed by atoms with Gasteiger partial charge in [0.05, 0.1) is 37.1 Å². The zero-order chi connectivity index (χ0) is 48.6. The predicted molar refractivity (Wildman–Crippen MR) is 247 cm³/mol. The van der Waals surface area contributed by atoms with Gasteiger partial charge in [0.1, 0.15) is 23.7 Å². The molecule has 0 bridgehead atoms. The molecule has 14 heteroatoms.